The van der Waals surface area contributed by atoms with Gasteiger partial charge in [0.1, 0.15) is 5.82 Å². The molecule has 0 unspecified atom stereocenters. The van der Waals surface area contributed by atoms with E-state index in [2.05, 4.69) is 39.5 Å². The average Bonchev–Trinajstić information content (AvgIpc) is 3.07. The van der Waals surface area contributed by atoms with Crippen LogP contribution >= 0.6 is 0 Å². The van der Waals surface area contributed by atoms with Gasteiger partial charge in [-0.3, -0.25) is 0 Å². The summed E-state index contributed by atoms with van der Waals surface area (Å²) in [7, 11) is 4.07. The maximum absolute atomic E-state index is 9.66. The van der Waals surface area contributed by atoms with Gasteiger partial charge in [-0.2, -0.15) is 0 Å². The summed E-state index contributed by atoms with van der Waals surface area (Å²) in [6.07, 6.45) is 5.39. The number of nitrogens with one attached hydrogen (secondary N) is 1. The van der Waals surface area contributed by atoms with Crippen LogP contribution in [0.15, 0.2) is 42.6 Å². The van der Waals surface area contributed by atoms with Crippen LogP contribution in [-0.4, -0.2) is 45.9 Å². The highest BCUT2D eigenvalue weighted by atomic mass is 16.3. The molecule has 1 aliphatic carbocycles. The summed E-state index contributed by atoms with van der Waals surface area (Å²) < 4.78 is 1.89. The number of fused-ring (bicyclic) bond motifs is 1. The molecule has 6 nitrogen and oxygen atoms in total. The third kappa shape index (κ3) is 3.37. The summed E-state index contributed by atoms with van der Waals surface area (Å²) in [6, 6.07) is 12.7. The Morgan fingerprint density at radius 2 is 1.77 bits per heavy atom. The number of aliphatic hydroxyl groups is 1. The first-order valence-electron chi connectivity index (χ1n) is 9.17. The van der Waals surface area contributed by atoms with Crippen molar-refractivity contribution < 1.29 is 5.11 Å². The average molecular weight is 351 g/mol. The molecule has 0 radical (unpaired) electrons. The monoisotopic (exact) mass is 351 g/mol. The van der Waals surface area contributed by atoms with Crippen molar-refractivity contribution in [2.75, 3.05) is 24.3 Å². The number of hydrogen-bond acceptors (Lipinski definition) is 5. The molecule has 4 rings (SSSR count). The Morgan fingerprint density at radius 1 is 1.04 bits per heavy atom. The van der Waals surface area contributed by atoms with Crippen molar-refractivity contribution in [1.82, 2.24) is 14.6 Å². The predicted octanol–water partition coefficient (Wildman–Crippen LogP) is 3.18. The Kier molecular flexibility index (Phi) is 4.51. The minimum absolute atomic E-state index is 0.145. The smallest absolute Gasteiger partial charge is 0.154 e. The SMILES string of the molecule is CN(C)c1ccc(-c2cnc3ccc(N[C@H]4CC[C@H](O)CC4)nn23)cc1. The maximum Gasteiger partial charge on any atom is 0.154 e. The van der Waals surface area contributed by atoms with Crippen molar-refractivity contribution in [1.29, 1.82) is 0 Å². The summed E-state index contributed by atoms with van der Waals surface area (Å²) in [5.74, 6) is 0.850. The number of benzene rings is 1. The molecule has 6 heteroatoms. The molecule has 1 aliphatic rings. The van der Waals surface area contributed by atoms with Crippen LogP contribution in [0.5, 0.6) is 0 Å². The van der Waals surface area contributed by atoms with Gasteiger partial charge in [-0.05, 0) is 49.9 Å². The van der Waals surface area contributed by atoms with E-state index < -0.39 is 0 Å². The summed E-state index contributed by atoms with van der Waals surface area (Å²) in [6.45, 7) is 0. The van der Waals surface area contributed by atoms with Crippen molar-refractivity contribution in [3.63, 3.8) is 0 Å². The molecule has 1 fully saturated rings. The predicted molar refractivity (Wildman–Crippen MR) is 105 cm³/mol. The highest BCUT2D eigenvalue weighted by Crippen LogP contribution is 2.25. The van der Waals surface area contributed by atoms with Gasteiger partial charge in [0.15, 0.2) is 5.65 Å². The number of nitrogens with zero attached hydrogens (tertiary/aromatic N) is 4. The minimum Gasteiger partial charge on any atom is -0.393 e. The quantitative estimate of drug-likeness (QED) is 0.756. The fraction of sp³-hybridized carbons (Fsp3) is 0.400. The molecule has 0 bridgehead atoms. The normalized spacial score (nSPS) is 20.3. The van der Waals surface area contributed by atoms with Crippen molar-refractivity contribution in [3.8, 4) is 11.3 Å². The van der Waals surface area contributed by atoms with E-state index in [4.69, 9.17) is 5.10 Å². The highest BCUT2D eigenvalue weighted by Gasteiger charge is 2.19. The van der Waals surface area contributed by atoms with E-state index in [-0.39, 0.29) is 6.10 Å². The number of hydrogen-bond donors (Lipinski definition) is 2. The standard InChI is InChI=1S/C20H25N5O/c1-24(2)16-7-3-14(4-8-16)18-13-21-20-12-11-19(23-25(18)20)22-15-5-9-17(26)10-6-15/h3-4,7-8,11-13,15,17,26H,5-6,9-10H2,1-2H3,(H,22,23)/t15-,17-. The van der Waals surface area contributed by atoms with Gasteiger partial charge in [-0.25, -0.2) is 9.50 Å². The molecule has 1 aromatic carbocycles. The number of aliphatic hydroxyl groups excluding tert-OH is 1. The lowest BCUT2D eigenvalue weighted by molar-refractivity contribution is 0.126. The van der Waals surface area contributed by atoms with Crippen LogP contribution in [0.1, 0.15) is 25.7 Å². The van der Waals surface area contributed by atoms with Gasteiger partial charge in [-0.1, -0.05) is 12.1 Å². The van der Waals surface area contributed by atoms with E-state index in [0.29, 0.717) is 6.04 Å². The van der Waals surface area contributed by atoms with Gasteiger partial charge < -0.3 is 15.3 Å². The van der Waals surface area contributed by atoms with E-state index >= 15 is 0 Å². The minimum atomic E-state index is -0.145. The zero-order chi connectivity index (χ0) is 18.1. The van der Waals surface area contributed by atoms with E-state index in [1.165, 1.54) is 0 Å². The Hall–Kier alpha value is -2.60. The largest absolute Gasteiger partial charge is 0.393 e. The highest BCUT2D eigenvalue weighted by molar-refractivity contribution is 5.66. The summed E-state index contributed by atoms with van der Waals surface area (Å²) in [5, 5.41) is 17.9. The first-order valence-corrected chi connectivity index (χ1v) is 9.17. The summed E-state index contributed by atoms with van der Waals surface area (Å²) in [4.78, 5) is 6.56. The molecular formula is C20H25N5O. The van der Waals surface area contributed by atoms with Crippen LogP contribution in [0, 0.1) is 0 Å². The summed E-state index contributed by atoms with van der Waals surface area (Å²) >= 11 is 0. The summed E-state index contributed by atoms with van der Waals surface area (Å²) in [5.41, 5.74) is 4.07. The van der Waals surface area contributed by atoms with Crippen molar-refractivity contribution in [2.45, 2.75) is 37.8 Å². The lowest BCUT2D eigenvalue weighted by Gasteiger charge is -2.26. The van der Waals surface area contributed by atoms with Crippen molar-refractivity contribution in [3.05, 3.63) is 42.6 Å². The molecule has 2 aromatic heterocycles. The fourth-order valence-electron chi connectivity index (χ4n) is 3.51. The van der Waals surface area contributed by atoms with Gasteiger partial charge in [0.05, 0.1) is 18.0 Å². The van der Waals surface area contributed by atoms with Gasteiger partial charge in [-0.15, -0.1) is 5.10 Å². The van der Waals surface area contributed by atoms with E-state index in [1.54, 1.807) is 0 Å². The number of imidazole rings is 1. The number of aromatic nitrogens is 3. The second kappa shape index (κ2) is 6.96. The van der Waals surface area contributed by atoms with E-state index in [9.17, 15) is 5.11 Å². The van der Waals surface area contributed by atoms with Crippen LogP contribution in [0.25, 0.3) is 16.9 Å². The van der Waals surface area contributed by atoms with Crippen molar-refractivity contribution >= 4 is 17.2 Å². The van der Waals surface area contributed by atoms with Gasteiger partial charge >= 0.3 is 0 Å². The molecule has 136 valence electrons. The van der Waals surface area contributed by atoms with Crippen LogP contribution in [0.2, 0.25) is 0 Å². The molecule has 0 spiro atoms. The second-order valence-electron chi connectivity index (χ2n) is 7.22. The molecule has 3 aromatic rings. The van der Waals surface area contributed by atoms with E-state index in [1.807, 2.05) is 36.9 Å². The van der Waals surface area contributed by atoms with Crippen LogP contribution in [0.4, 0.5) is 11.5 Å². The van der Waals surface area contributed by atoms with E-state index in [0.717, 1.165) is 54.1 Å². The molecule has 0 atom stereocenters. The van der Waals surface area contributed by atoms with Crippen LogP contribution in [0.3, 0.4) is 0 Å². The molecular weight excluding hydrogens is 326 g/mol. The molecule has 0 amide bonds. The van der Waals surface area contributed by atoms with Crippen LogP contribution < -0.4 is 10.2 Å². The van der Waals surface area contributed by atoms with Gasteiger partial charge in [0, 0.05) is 31.4 Å². The third-order valence-electron chi connectivity index (χ3n) is 5.09. The first kappa shape index (κ1) is 16.8. The third-order valence-corrected chi connectivity index (χ3v) is 5.09. The molecule has 0 saturated heterocycles. The molecule has 2 N–H and O–H groups in total. The Bertz CT molecular complexity index is 879. The number of anilines is 2. The lowest BCUT2D eigenvalue weighted by atomic mass is 9.93. The Morgan fingerprint density at radius 3 is 2.46 bits per heavy atom. The zero-order valence-corrected chi connectivity index (χ0v) is 15.3. The van der Waals surface area contributed by atoms with Gasteiger partial charge in [0.25, 0.3) is 0 Å². The fourth-order valence-corrected chi connectivity index (χ4v) is 3.51. The van der Waals surface area contributed by atoms with Crippen molar-refractivity contribution in [2.24, 2.45) is 0 Å². The molecule has 26 heavy (non-hydrogen) atoms. The van der Waals surface area contributed by atoms with Crippen LogP contribution in [-0.2, 0) is 0 Å². The first-order chi connectivity index (χ1) is 12.6. The molecule has 1 saturated carbocycles. The molecule has 2 heterocycles. The van der Waals surface area contributed by atoms with Gasteiger partial charge in [0.2, 0.25) is 0 Å². The Labute approximate surface area is 153 Å². The topological polar surface area (TPSA) is 65.7 Å². The Balaban J connectivity index is 1.60. The second-order valence-corrected chi connectivity index (χ2v) is 7.22. The lowest BCUT2D eigenvalue weighted by Crippen LogP contribution is -2.28. The maximum atomic E-state index is 9.66. The zero-order valence-electron chi connectivity index (χ0n) is 15.3. The molecule has 0 aliphatic heterocycles. The number of rotatable bonds is 4.